The molecule has 222 valence electrons. The van der Waals surface area contributed by atoms with Crippen LogP contribution in [0.15, 0.2) is 0 Å². The Morgan fingerprint density at radius 3 is 2.10 bits per heavy atom. The maximum Gasteiger partial charge on any atom is 0.407 e. The fraction of sp³-hybridized carbons (Fsp3) is 0.941. The topological polar surface area (TPSA) is 75.6 Å². The Balaban J connectivity index is 1.46. The fourth-order valence-electron chi connectivity index (χ4n) is 12.3. The Hall–Kier alpha value is -1.26. The molecule has 5 fully saturated rings. The SMILES string of the molecule is CC(C)NC(=O)O[C@@H]1CC[C@@]2(C)C(CC[C@]3(C)C2CCC2C4[C@H](C(C)C)CC[C@]4(C(=O)O)CC[C@]23C)C1(C)C. The molecule has 5 aliphatic rings. The molecule has 4 unspecified atom stereocenters. The van der Waals surface area contributed by atoms with Gasteiger partial charge in [-0.05, 0) is 130 Å². The lowest BCUT2D eigenvalue weighted by Gasteiger charge is -2.72. The molecule has 0 aromatic rings. The zero-order valence-electron chi connectivity index (χ0n) is 26.4. The van der Waals surface area contributed by atoms with Crippen molar-refractivity contribution in [2.75, 3.05) is 0 Å². The monoisotopic (exact) mass is 543 g/mol. The number of carbonyl (C=O) groups excluding carboxylic acids is 1. The van der Waals surface area contributed by atoms with Crippen molar-refractivity contribution in [2.45, 2.75) is 139 Å². The highest BCUT2D eigenvalue weighted by Gasteiger charge is 2.72. The van der Waals surface area contributed by atoms with Gasteiger partial charge in [0.05, 0.1) is 5.41 Å². The Kier molecular flexibility index (Phi) is 7.03. The fourth-order valence-corrected chi connectivity index (χ4v) is 12.3. The van der Waals surface area contributed by atoms with Crippen LogP contribution in [0.1, 0.15) is 127 Å². The van der Waals surface area contributed by atoms with Crippen LogP contribution < -0.4 is 5.32 Å². The highest BCUT2D eigenvalue weighted by atomic mass is 16.6. The number of carboxylic acid groups (broad SMARTS) is 1. The van der Waals surface area contributed by atoms with Crippen molar-refractivity contribution in [3.05, 3.63) is 0 Å². The average molecular weight is 544 g/mol. The number of hydrogen-bond acceptors (Lipinski definition) is 3. The largest absolute Gasteiger partial charge is 0.481 e. The van der Waals surface area contributed by atoms with Crippen molar-refractivity contribution in [2.24, 2.45) is 62.6 Å². The summed E-state index contributed by atoms with van der Waals surface area (Å²) in [6.45, 7) is 21.1. The second-order valence-corrected chi connectivity index (χ2v) is 16.7. The van der Waals surface area contributed by atoms with Crippen molar-refractivity contribution in [3.8, 4) is 0 Å². The summed E-state index contributed by atoms with van der Waals surface area (Å²) in [5, 5.41) is 13.6. The third-order valence-corrected chi connectivity index (χ3v) is 14.4. The van der Waals surface area contributed by atoms with Crippen molar-refractivity contribution in [1.29, 1.82) is 0 Å². The van der Waals surface area contributed by atoms with Gasteiger partial charge in [-0.15, -0.1) is 0 Å². The predicted molar refractivity (Wildman–Crippen MR) is 155 cm³/mol. The Labute approximate surface area is 238 Å². The molecule has 5 saturated carbocycles. The van der Waals surface area contributed by atoms with Crippen LogP contribution in [-0.4, -0.2) is 29.3 Å². The maximum absolute atomic E-state index is 12.9. The lowest BCUT2D eigenvalue weighted by Crippen LogP contribution is -2.67. The first-order valence-corrected chi connectivity index (χ1v) is 16.2. The van der Waals surface area contributed by atoms with Gasteiger partial charge in [0, 0.05) is 11.5 Å². The van der Waals surface area contributed by atoms with Crippen LogP contribution in [-0.2, 0) is 9.53 Å². The van der Waals surface area contributed by atoms with Crippen molar-refractivity contribution in [3.63, 3.8) is 0 Å². The van der Waals surface area contributed by atoms with Gasteiger partial charge in [0.25, 0.3) is 0 Å². The standard InChI is InChI=1S/C34H57NO4/c1-20(2)22-12-17-34(28(36)37)19-18-32(8)23(27(22)34)10-11-25-31(7)15-14-26(39-29(38)35-21(3)4)30(5,6)24(31)13-16-33(25,32)9/h20-27H,10-19H2,1-9H3,(H,35,38)(H,36,37)/t22-,23?,24?,25?,26+,27?,31-,32+,33+,34-/m0/s1. The molecule has 0 spiro atoms. The van der Waals surface area contributed by atoms with E-state index in [4.69, 9.17) is 4.74 Å². The molecular formula is C34H57NO4. The molecule has 5 nitrogen and oxygen atoms in total. The smallest absolute Gasteiger partial charge is 0.407 e. The van der Waals surface area contributed by atoms with E-state index in [1.807, 2.05) is 13.8 Å². The molecule has 0 aromatic carbocycles. The number of nitrogens with one attached hydrogen (secondary N) is 1. The number of alkyl carbamates (subject to hydrolysis) is 1. The molecule has 5 heteroatoms. The predicted octanol–water partition coefficient (Wildman–Crippen LogP) is 8.31. The quantitative estimate of drug-likeness (QED) is 0.374. The van der Waals surface area contributed by atoms with Crippen LogP contribution in [0, 0.1) is 62.6 Å². The Bertz CT molecular complexity index is 990. The van der Waals surface area contributed by atoms with E-state index >= 15 is 0 Å². The van der Waals surface area contributed by atoms with E-state index in [0.717, 1.165) is 38.5 Å². The van der Waals surface area contributed by atoms with Crippen LogP contribution in [0.5, 0.6) is 0 Å². The van der Waals surface area contributed by atoms with E-state index < -0.39 is 11.4 Å². The summed E-state index contributed by atoms with van der Waals surface area (Å²) in [4.78, 5) is 25.5. The van der Waals surface area contributed by atoms with Gasteiger partial charge >= 0.3 is 12.1 Å². The zero-order chi connectivity index (χ0) is 28.8. The van der Waals surface area contributed by atoms with Crippen LogP contribution in [0.2, 0.25) is 0 Å². The van der Waals surface area contributed by atoms with E-state index in [9.17, 15) is 14.7 Å². The minimum Gasteiger partial charge on any atom is -0.481 e. The van der Waals surface area contributed by atoms with E-state index in [2.05, 4.69) is 53.8 Å². The number of aliphatic carboxylic acids is 1. The summed E-state index contributed by atoms with van der Waals surface area (Å²) in [5.41, 5.74) is 0.0404. The summed E-state index contributed by atoms with van der Waals surface area (Å²) in [6, 6.07) is 0.0753. The molecule has 5 rings (SSSR count). The molecule has 39 heavy (non-hydrogen) atoms. The highest BCUT2D eigenvalue weighted by molar-refractivity contribution is 5.76. The summed E-state index contributed by atoms with van der Waals surface area (Å²) < 4.78 is 6.09. The van der Waals surface area contributed by atoms with E-state index in [0.29, 0.717) is 35.5 Å². The summed E-state index contributed by atoms with van der Waals surface area (Å²) in [6.07, 6.45) is 10.4. The average Bonchev–Trinajstić information content (AvgIpc) is 3.22. The van der Waals surface area contributed by atoms with Crippen LogP contribution in [0.25, 0.3) is 0 Å². The second kappa shape index (κ2) is 9.38. The Morgan fingerprint density at radius 1 is 0.795 bits per heavy atom. The summed E-state index contributed by atoms with van der Waals surface area (Å²) in [7, 11) is 0. The van der Waals surface area contributed by atoms with Gasteiger partial charge in [0.2, 0.25) is 0 Å². The molecule has 0 bridgehead atoms. The molecule has 0 saturated heterocycles. The van der Waals surface area contributed by atoms with Crippen molar-refractivity contribution >= 4 is 12.1 Å². The Morgan fingerprint density at radius 2 is 1.49 bits per heavy atom. The maximum atomic E-state index is 12.9. The molecule has 0 aromatic heterocycles. The molecule has 0 radical (unpaired) electrons. The molecule has 5 aliphatic carbocycles. The van der Waals surface area contributed by atoms with Crippen molar-refractivity contribution < 1.29 is 19.4 Å². The second-order valence-electron chi connectivity index (χ2n) is 16.7. The number of amides is 1. The highest BCUT2D eigenvalue weighted by Crippen LogP contribution is 2.77. The van der Waals surface area contributed by atoms with Gasteiger partial charge in [-0.1, -0.05) is 48.5 Å². The number of hydrogen-bond donors (Lipinski definition) is 2. The lowest BCUT2D eigenvalue weighted by molar-refractivity contribution is -0.249. The van der Waals surface area contributed by atoms with Crippen LogP contribution in [0.3, 0.4) is 0 Å². The molecule has 0 aliphatic heterocycles. The summed E-state index contributed by atoms with van der Waals surface area (Å²) in [5.74, 6) is 2.53. The van der Waals surface area contributed by atoms with Gasteiger partial charge in [-0.25, -0.2) is 4.79 Å². The van der Waals surface area contributed by atoms with Gasteiger partial charge in [0.15, 0.2) is 0 Å². The number of carboxylic acids is 1. The molecular weight excluding hydrogens is 486 g/mol. The minimum absolute atomic E-state index is 0.0539. The first-order chi connectivity index (χ1) is 18.0. The van der Waals surface area contributed by atoms with Gasteiger partial charge in [0.1, 0.15) is 6.10 Å². The van der Waals surface area contributed by atoms with Gasteiger partial charge in [-0.3, -0.25) is 4.79 Å². The van der Waals surface area contributed by atoms with Crippen LogP contribution in [0.4, 0.5) is 4.79 Å². The molecule has 10 atom stereocenters. The summed E-state index contributed by atoms with van der Waals surface area (Å²) >= 11 is 0. The first kappa shape index (κ1) is 29.2. The van der Waals surface area contributed by atoms with Gasteiger partial charge in [-0.2, -0.15) is 0 Å². The molecule has 1 amide bonds. The lowest BCUT2D eigenvalue weighted by atomic mass is 9.32. The normalized spacial score (nSPS) is 48.5. The third-order valence-electron chi connectivity index (χ3n) is 14.4. The molecule has 0 heterocycles. The minimum atomic E-state index is -0.512. The van der Waals surface area contributed by atoms with Crippen molar-refractivity contribution in [1.82, 2.24) is 5.32 Å². The van der Waals surface area contributed by atoms with E-state index in [1.165, 1.54) is 25.7 Å². The zero-order valence-corrected chi connectivity index (χ0v) is 26.4. The number of ether oxygens (including phenoxy) is 1. The van der Waals surface area contributed by atoms with Gasteiger partial charge < -0.3 is 15.2 Å². The first-order valence-electron chi connectivity index (χ1n) is 16.2. The van der Waals surface area contributed by atoms with Crippen LogP contribution >= 0.6 is 0 Å². The number of carbonyl (C=O) groups is 2. The van der Waals surface area contributed by atoms with E-state index in [-0.39, 0.29) is 39.9 Å². The number of fused-ring (bicyclic) bond motifs is 7. The molecule has 2 N–H and O–H groups in total. The van der Waals surface area contributed by atoms with E-state index in [1.54, 1.807) is 0 Å². The third kappa shape index (κ3) is 3.97. The number of rotatable bonds is 4.